The number of nitrogens with zero attached hydrogens (tertiary/aromatic N) is 5. The van der Waals surface area contributed by atoms with E-state index >= 15 is 0 Å². The lowest BCUT2D eigenvalue weighted by atomic mass is 9.91. The van der Waals surface area contributed by atoms with E-state index in [0.717, 1.165) is 93.9 Å². The molecule has 5 heterocycles. The zero-order valence-corrected chi connectivity index (χ0v) is 34.0. The van der Waals surface area contributed by atoms with Gasteiger partial charge in [0, 0.05) is 48.8 Å². The molecule has 288 valence electrons. The van der Waals surface area contributed by atoms with Gasteiger partial charge in [-0.1, -0.05) is 152 Å². The molecule has 0 amide bonds. The van der Waals surface area contributed by atoms with Crippen LogP contribution in [0, 0.1) is 0 Å². The minimum atomic E-state index is 0.654. The summed E-state index contributed by atoms with van der Waals surface area (Å²) in [5.74, 6) is 0.654. The van der Waals surface area contributed by atoms with Gasteiger partial charge in [0.15, 0.2) is 0 Å². The molecule has 6 heteroatoms. The second-order valence-corrected chi connectivity index (χ2v) is 17.2. The Morgan fingerprint density at radius 3 is 1.94 bits per heavy atom. The molecule has 2 aliphatic heterocycles. The minimum absolute atomic E-state index is 0.654. The molecule has 0 spiro atoms. The van der Waals surface area contributed by atoms with Crippen LogP contribution in [0.4, 0.5) is 34.1 Å². The summed E-state index contributed by atoms with van der Waals surface area (Å²) in [6.07, 6.45) is 0. The van der Waals surface area contributed by atoms with Gasteiger partial charge in [-0.05, 0) is 64.9 Å². The maximum atomic E-state index is 5.60. The van der Waals surface area contributed by atoms with Crippen LogP contribution < -0.4 is 9.80 Å². The molecule has 0 N–H and O–H groups in total. The van der Waals surface area contributed by atoms with Crippen molar-refractivity contribution in [3.8, 4) is 39.5 Å². The highest BCUT2D eigenvalue weighted by Gasteiger charge is 2.38. The molecule has 0 saturated heterocycles. The van der Waals surface area contributed by atoms with E-state index in [1.807, 2.05) is 0 Å². The Morgan fingerprint density at radius 2 is 1.10 bits per heavy atom. The number of thiophene rings is 1. The summed E-state index contributed by atoms with van der Waals surface area (Å²) >= 11 is 1.76. The monoisotopic (exact) mass is 807 g/mol. The van der Waals surface area contributed by atoms with Crippen LogP contribution in [-0.2, 0) is 0 Å². The second-order valence-electron chi connectivity index (χ2n) is 16.1. The summed E-state index contributed by atoms with van der Waals surface area (Å²) in [4.78, 5) is 16.1. The van der Waals surface area contributed by atoms with Crippen molar-refractivity contribution < 1.29 is 0 Å². The smallest absolute Gasteiger partial charge is 0.235 e. The second kappa shape index (κ2) is 12.7. The maximum Gasteiger partial charge on any atom is 0.235 e. The Hall–Kier alpha value is -8.06. The molecule has 0 radical (unpaired) electrons. The summed E-state index contributed by atoms with van der Waals surface area (Å²) in [7, 11) is 0. The highest BCUT2D eigenvalue weighted by molar-refractivity contribution is 7.26. The Morgan fingerprint density at radius 1 is 0.435 bits per heavy atom. The predicted molar refractivity (Wildman–Crippen MR) is 260 cm³/mol. The third-order valence-electron chi connectivity index (χ3n) is 12.8. The van der Waals surface area contributed by atoms with Gasteiger partial charge in [-0.15, -0.1) is 11.3 Å². The van der Waals surface area contributed by atoms with Crippen molar-refractivity contribution in [2.45, 2.75) is 0 Å². The largest absolute Gasteiger partial charge is 0.306 e. The van der Waals surface area contributed by atoms with Gasteiger partial charge in [0.25, 0.3) is 0 Å². The van der Waals surface area contributed by atoms with Crippen molar-refractivity contribution in [2.24, 2.45) is 0 Å². The fourth-order valence-corrected chi connectivity index (χ4v) is 11.4. The SMILES string of the molecule is c1ccc(-c2nc(-n3c4ccccc4c4ccc5c(c43)-c3cccc4c3N(c3ccccc3-5)c3cc5ccccc5cc3N4c3ccccc3)nc3c2sc2ccccc23)cc1. The number of benzene rings is 9. The van der Waals surface area contributed by atoms with E-state index in [9.17, 15) is 0 Å². The van der Waals surface area contributed by atoms with E-state index in [1.54, 1.807) is 11.3 Å². The summed E-state index contributed by atoms with van der Waals surface area (Å²) in [6.45, 7) is 0. The number of anilines is 6. The molecule has 5 nitrogen and oxygen atoms in total. The van der Waals surface area contributed by atoms with E-state index < -0.39 is 0 Å². The average molecular weight is 808 g/mol. The first-order valence-corrected chi connectivity index (χ1v) is 21.8. The Bertz CT molecular complexity index is 3830. The van der Waals surface area contributed by atoms with Crippen LogP contribution >= 0.6 is 11.3 Å². The lowest BCUT2D eigenvalue weighted by Gasteiger charge is -2.41. The lowest BCUT2D eigenvalue weighted by molar-refractivity contribution is 1.02. The predicted octanol–water partition coefficient (Wildman–Crippen LogP) is 15.7. The summed E-state index contributed by atoms with van der Waals surface area (Å²) in [6, 6.07) is 72.6. The van der Waals surface area contributed by atoms with Gasteiger partial charge in [-0.2, -0.15) is 0 Å². The first-order valence-electron chi connectivity index (χ1n) is 21.0. The molecule has 14 rings (SSSR count). The van der Waals surface area contributed by atoms with Crippen molar-refractivity contribution in [2.75, 3.05) is 9.80 Å². The van der Waals surface area contributed by atoms with Gasteiger partial charge >= 0.3 is 0 Å². The fourth-order valence-electron chi connectivity index (χ4n) is 10.2. The molecule has 62 heavy (non-hydrogen) atoms. The third-order valence-corrected chi connectivity index (χ3v) is 14.0. The Balaban J connectivity index is 1.15. The molecule has 9 aromatic carbocycles. The first kappa shape index (κ1) is 33.7. The topological polar surface area (TPSA) is 37.2 Å². The van der Waals surface area contributed by atoms with E-state index in [1.165, 1.54) is 26.6 Å². The number of hydrogen-bond acceptors (Lipinski definition) is 5. The molecule has 0 atom stereocenters. The standard InChI is InChI=1S/C56H33N5S/c1-3-16-34(17-4-1)51-55-52(42-24-11-14-29-49(42)62-55)58-56(57-51)61-45-27-13-10-23-39(45)41-31-30-40-38-22-9-12-26-44(38)60-48-33-36-19-8-7-18-35(36)32-47(48)59(37-20-5-2-6-21-37)46-28-15-25-43(53(46)60)50(40)54(41)61/h1-33H. The van der Waals surface area contributed by atoms with Gasteiger partial charge < -0.3 is 9.80 Å². The first-order chi connectivity index (χ1) is 30.8. The number of fused-ring (bicyclic) bond motifs is 15. The van der Waals surface area contributed by atoms with Crippen LogP contribution in [0.5, 0.6) is 0 Å². The zero-order valence-electron chi connectivity index (χ0n) is 33.2. The van der Waals surface area contributed by atoms with E-state index in [4.69, 9.17) is 9.97 Å². The van der Waals surface area contributed by atoms with Crippen molar-refractivity contribution in [3.63, 3.8) is 0 Å². The Kier molecular flexibility index (Phi) is 6.92. The van der Waals surface area contributed by atoms with Crippen LogP contribution in [0.15, 0.2) is 200 Å². The highest BCUT2D eigenvalue weighted by Crippen LogP contribution is 2.62. The van der Waals surface area contributed by atoms with Gasteiger partial charge in [-0.25, -0.2) is 9.97 Å². The number of aromatic nitrogens is 3. The Labute approximate surface area is 360 Å². The summed E-state index contributed by atoms with van der Waals surface area (Å²) in [5, 5.41) is 5.86. The van der Waals surface area contributed by atoms with Crippen LogP contribution in [0.25, 0.3) is 92.3 Å². The van der Waals surface area contributed by atoms with Crippen LogP contribution in [0.2, 0.25) is 0 Å². The van der Waals surface area contributed by atoms with Crippen LogP contribution in [0.1, 0.15) is 0 Å². The van der Waals surface area contributed by atoms with Crippen LogP contribution in [-0.4, -0.2) is 14.5 Å². The molecular weight excluding hydrogens is 775 g/mol. The number of rotatable bonds is 3. The molecule has 0 bridgehead atoms. The molecule has 0 unspecified atom stereocenters. The van der Waals surface area contributed by atoms with Crippen molar-refractivity contribution in [3.05, 3.63) is 200 Å². The van der Waals surface area contributed by atoms with Crippen molar-refractivity contribution >= 4 is 98.3 Å². The average Bonchev–Trinajstić information content (AvgIpc) is 3.84. The molecular formula is C56H33N5S. The van der Waals surface area contributed by atoms with E-state index in [0.29, 0.717) is 5.95 Å². The van der Waals surface area contributed by atoms with Crippen LogP contribution in [0.3, 0.4) is 0 Å². The van der Waals surface area contributed by atoms with Gasteiger partial charge in [-0.3, -0.25) is 4.57 Å². The van der Waals surface area contributed by atoms with Crippen molar-refractivity contribution in [1.82, 2.24) is 14.5 Å². The fraction of sp³-hybridized carbons (Fsp3) is 0. The maximum absolute atomic E-state index is 5.60. The van der Waals surface area contributed by atoms with E-state index in [-0.39, 0.29) is 0 Å². The molecule has 12 aromatic rings. The zero-order chi connectivity index (χ0) is 40.5. The van der Waals surface area contributed by atoms with E-state index in [2.05, 4.69) is 215 Å². The summed E-state index contributed by atoms with van der Waals surface area (Å²) < 4.78 is 4.64. The summed E-state index contributed by atoms with van der Waals surface area (Å²) in [5.41, 5.74) is 16.5. The van der Waals surface area contributed by atoms with Gasteiger partial charge in [0.05, 0.1) is 55.4 Å². The van der Waals surface area contributed by atoms with Gasteiger partial charge in [0.1, 0.15) is 0 Å². The minimum Gasteiger partial charge on any atom is -0.306 e. The molecule has 0 fully saturated rings. The molecule has 3 aromatic heterocycles. The third kappa shape index (κ3) is 4.61. The highest BCUT2D eigenvalue weighted by atomic mass is 32.1. The van der Waals surface area contributed by atoms with Gasteiger partial charge in [0.2, 0.25) is 5.95 Å². The number of para-hydroxylation sites is 4. The quantitative estimate of drug-likeness (QED) is 0.178. The molecule has 0 saturated carbocycles. The normalized spacial score (nSPS) is 12.8. The number of hydrogen-bond donors (Lipinski definition) is 0. The van der Waals surface area contributed by atoms with Crippen molar-refractivity contribution in [1.29, 1.82) is 0 Å². The molecule has 0 aliphatic carbocycles. The lowest BCUT2D eigenvalue weighted by Crippen LogP contribution is -2.24. The molecule has 2 aliphatic rings.